The average molecular weight is 205 g/mol. The van der Waals surface area contributed by atoms with Crippen molar-refractivity contribution in [2.24, 2.45) is 5.92 Å². The summed E-state index contributed by atoms with van der Waals surface area (Å²) in [6.45, 7) is 8.60. The van der Waals surface area contributed by atoms with Crippen molar-refractivity contribution in [1.82, 2.24) is 0 Å². The van der Waals surface area contributed by atoms with Gasteiger partial charge >= 0.3 is 0 Å². The summed E-state index contributed by atoms with van der Waals surface area (Å²) in [4.78, 5) is 0. The smallest absolute Gasteiger partial charge is 0.0631 e. The number of hydrogen-bond donors (Lipinski definition) is 0. The lowest BCUT2D eigenvalue weighted by Gasteiger charge is -2.22. The summed E-state index contributed by atoms with van der Waals surface area (Å²) in [6.07, 6.45) is 3.92. The van der Waals surface area contributed by atoms with Gasteiger partial charge in [-0.15, -0.1) is 11.6 Å². The van der Waals surface area contributed by atoms with Gasteiger partial charge in [-0.25, -0.2) is 0 Å². The monoisotopic (exact) mass is 204 g/mol. The van der Waals surface area contributed by atoms with Crippen LogP contribution in [0.15, 0.2) is 0 Å². The van der Waals surface area contributed by atoms with Crippen molar-refractivity contribution in [3.63, 3.8) is 0 Å². The van der Waals surface area contributed by atoms with E-state index in [1.165, 1.54) is 12.8 Å². The zero-order chi connectivity index (χ0) is 10.1. The first-order chi connectivity index (χ1) is 5.91. The molecule has 1 fully saturated rings. The molecule has 0 amide bonds. The molecule has 1 aliphatic heterocycles. The highest BCUT2D eigenvalue weighted by Gasteiger charge is 2.32. The van der Waals surface area contributed by atoms with Gasteiger partial charge in [-0.2, -0.15) is 0 Å². The lowest BCUT2D eigenvalue weighted by Crippen LogP contribution is -2.22. The summed E-state index contributed by atoms with van der Waals surface area (Å²) in [5, 5.41) is 0.257. The molecule has 0 saturated carbocycles. The zero-order valence-electron chi connectivity index (χ0n) is 9.14. The van der Waals surface area contributed by atoms with Crippen LogP contribution in [0.2, 0.25) is 0 Å². The summed E-state index contributed by atoms with van der Waals surface area (Å²) < 4.78 is 5.91. The van der Waals surface area contributed by atoms with Crippen LogP contribution in [0.3, 0.4) is 0 Å². The Morgan fingerprint density at radius 2 is 2.08 bits per heavy atom. The molecule has 0 aromatic carbocycles. The molecular weight excluding hydrogens is 184 g/mol. The van der Waals surface area contributed by atoms with Crippen LogP contribution >= 0.6 is 11.6 Å². The summed E-state index contributed by atoms with van der Waals surface area (Å²) in [5.74, 6) is 0.556. The SMILES string of the molecule is CC(Cl)C(C)CC1CCC(C)(C)O1. The standard InChI is InChI=1S/C11H21ClO/c1-8(9(2)12)7-10-5-6-11(3,4)13-10/h8-10H,5-7H2,1-4H3. The third-order valence-corrected chi connectivity index (χ3v) is 3.40. The molecule has 0 bridgehead atoms. The minimum absolute atomic E-state index is 0.0972. The molecule has 1 heterocycles. The van der Waals surface area contributed by atoms with E-state index in [0.29, 0.717) is 12.0 Å². The Morgan fingerprint density at radius 3 is 2.46 bits per heavy atom. The highest BCUT2D eigenvalue weighted by Crippen LogP contribution is 2.33. The van der Waals surface area contributed by atoms with Gasteiger partial charge in [0.1, 0.15) is 0 Å². The van der Waals surface area contributed by atoms with Gasteiger partial charge < -0.3 is 4.74 Å². The van der Waals surface area contributed by atoms with Crippen molar-refractivity contribution < 1.29 is 4.74 Å². The van der Waals surface area contributed by atoms with Gasteiger partial charge in [0.05, 0.1) is 11.7 Å². The Labute approximate surface area is 86.8 Å². The van der Waals surface area contributed by atoms with Crippen molar-refractivity contribution in [3.8, 4) is 0 Å². The second kappa shape index (κ2) is 4.18. The minimum Gasteiger partial charge on any atom is -0.372 e. The Morgan fingerprint density at radius 1 is 1.46 bits per heavy atom. The van der Waals surface area contributed by atoms with E-state index in [1.54, 1.807) is 0 Å². The van der Waals surface area contributed by atoms with Gasteiger partial charge in [-0.05, 0) is 46.0 Å². The molecule has 0 radical (unpaired) electrons. The molecule has 0 spiro atoms. The van der Waals surface area contributed by atoms with Crippen LogP contribution in [0.5, 0.6) is 0 Å². The maximum absolute atomic E-state index is 6.02. The van der Waals surface area contributed by atoms with Crippen LogP contribution in [-0.4, -0.2) is 17.1 Å². The first kappa shape index (κ1) is 11.3. The molecule has 1 aliphatic rings. The Balaban J connectivity index is 2.32. The van der Waals surface area contributed by atoms with E-state index in [0.717, 1.165) is 6.42 Å². The second-order valence-electron chi connectivity index (χ2n) is 4.93. The van der Waals surface area contributed by atoms with Crippen molar-refractivity contribution >= 4 is 11.6 Å². The molecular formula is C11H21ClO. The maximum Gasteiger partial charge on any atom is 0.0631 e. The van der Waals surface area contributed by atoms with E-state index in [9.17, 15) is 0 Å². The topological polar surface area (TPSA) is 9.23 Å². The maximum atomic E-state index is 6.02. The van der Waals surface area contributed by atoms with Gasteiger partial charge in [0, 0.05) is 5.38 Å². The summed E-state index contributed by atoms with van der Waals surface area (Å²) in [5.41, 5.74) is 0.0972. The van der Waals surface area contributed by atoms with Crippen molar-refractivity contribution in [3.05, 3.63) is 0 Å². The van der Waals surface area contributed by atoms with Crippen molar-refractivity contribution in [2.45, 2.75) is 64.0 Å². The molecule has 1 nitrogen and oxygen atoms in total. The third kappa shape index (κ3) is 3.47. The van der Waals surface area contributed by atoms with E-state index in [-0.39, 0.29) is 11.0 Å². The van der Waals surface area contributed by atoms with Gasteiger partial charge in [0.15, 0.2) is 0 Å². The molecule has 3 atom stereocenters. The van der Waals surface area contributed by atoms with Gasteiger partial charge in [-0.1, -0.05) is 6.92 Å². The fourth-order valence-electron chi connectivity index (χ4n) is 1.85. The second-order valence-corrected chi connectivity index (χ2v) is 5.62. The molecule has 3 unspecified atom stereocenters. The summed E-state index contributed by atoms with van der Waals surface area (Å²) >= 11 is 6.02. The normalized spacial score (nSPS) is 31.6. The lowest BCUT2D eigenvalue weighted by molar-refractivity contribution is -0.0236. The molecule has 1 saturated heterocycles. The number of hydrogen-bond acceptors (Lipinski definition) is 1. The van der Waals surface area contributed by atoms with E-state index in [2.05, 4.69) is 27.7 Å². The van der Waals surface area contributed by atoms with Crippen LogP contribution < -0.4 is 0 Å². The van der Waals surface area contributed by atoms with Crippen LogP contribution in [0.25, 0.3) is 0 Å². The fourth-order valence-corrected chi connectivity index (χ4v) is 1.95. The number of rotatable bonds is 3. The molecule has 0 aliphatic carbocycles. The van der Waals surface area contributed by atoms with Crippen LogP contribution in [-0.2, 0) is 4.74 Å². The summed E-state index contributed by atoms with van der Waals surface area (Å²) in [6, 6.07) is 0. The van der Waals surface area contributed by atoms with Crippen LogP contribution in [0.1, 0.15) is 47.0 Å². The van der Waals surface area contributed by atoms with Crippen LogP contribution in [0, 0.1) is 5.92 Å². The quantitative estimate of drug-likeness (QED) is 0.639. The Kier molecular flexibility index (Phi) is 3.64. The summed E-state index contributed by atoms with van der Waals surface area (Å²) in [7, 11) is 0. The van der Waals surface area contributed by atoms with E-state index < -0.39 is 0 Å². The highest BCUT2D eigenvalue weighted by molar-refractivity contribution is 6.20. The van der Waals surface area contributed by atoms with Gasteiger partial charge in [0.2, 0.25) is 0 Å². The Hall–Kier alpha value is 0.250. The first-order valence-electron chi connectivity index (χ1n) is 5.22. The van der Waals surface area contributed by atoms with Gasteiger partial charge in [-0.3, -0.25) is 0 Å². The number of alkyl halides is 1. The zero-order valence-corrected chi connectivity index (χ0v) is 9.90. The molecule has 0 aromatic heterocycles. The van der Waals surface area contributed by atoms with Gasteiger partial charge in [0.25, 0.3) is 0 Å². The number of ether oxygens (including phenoxy) is 1. The van der Waals surface area contributed by atoms with Crippen molar-refractivity contribution in [1.29, 1.82) is 0 Å². The highest BCUT2D eigenvalue weighted by atomic mass is 35.5. The third-order valence-electron chi connectivity index (χ3n) is 2.97. The van der Waals surface area contributed by atoms with Crippen molar-refractivity contribution in [2.75, 3.05) is 0 Å². The first-order valence-corrected chi connectivity index (χ1v) is 5.66. The lowest BCUT2D eigenvalue weighted by atomic mass is 9.98. The molecule has 0 aromatic rings. The average Bonchev–Trinajstić information content (AvgIpc) is 2.30. The predicted molar refractivity (Wildman–Crippen MR) is 57.3 cm³/mol. The number of halogens is 1. The molecule has 2 heteroatoms. The molecule has 1 rings (SSSR count). The molecule has 78 valence electrons. The fraction of sp³-hybridized carbons (Fsp3) is 1.00. The predicted octanol–water partition coefficient (Wildman–Crippen LogP) is 3.60. The Bertz CT molecular complexity index is 165. The van der Waals surface area contributed by atoms with Crippen LogP contribution in [0.4, 0.5) is 0 Å². The van der Waals surface area contributed by atoms with E-state index >= 15 is 0 Å². The largest absolute Gasteiger partial charge is 0.372 e. The van der Waals surface area contributed by atoms with E-state index in [4.69, 9.17) is 16.3 Å². The molecule has 0 N–H and O–H groups in total. The minimum atomic E-state index is 0.0972. The molecule has 13 heavy (non-hydrogen) atoms. The van der Waals surface area contributed by atoms with E-state index in [1.807, 2.05) is 0 Å².